The zero-order chi connectivity index (χ0) is 11.5. The number of benzene rings is 1. The summed E-state index contributed by atoms with van der Waals surface area (Å²) in [5, 5.41) is 10.0. The Morgan fingerprint density at radius 1 is 1.25 bits per heavy atom. The fourth-order valence-corrected chi connectivity index (χ4v) is 1.91. The first-order valence-electron chi connectivity index (χ1n) is 4.72. The number of rotatable bonds is 2. The molecule has 0 aliphatic carbocycles. The molecule has 2 nitrogen and oxygen atoms in total. The molecule has 0 spiro atoms. The SMILES string of the molecule is OC(c1cccc(F)c1)c1ncccc1Br. The summed E-state index contributed by atoms with van der Waals surface area (Å²) >= 11 is 3.30. The van der Waals surface area contributed by atoms with Gasteiger partial charge >= 0.3 is 0 Å². The fourth-order valence-electron chi connectivity index (χ4n) is 1.43. The Bertz CT molecular complexity index is 504. The van der Waals surface area contributed by atoms with Gasteiger partial charge in [0, 0.05) is 10.7 Å². The lowest BCUT2D eigenvalue weighted by atomic mass is 10.1. The molecule has 1 atom stereocenters. The van der Waals surface area contributed by atoms with E-state index in [1.807, 2.05) is 0 Å². The van der Waals surface area contributed by atoms with Crippen molar-refractivity contribution in [3.63, 3.8) is 0 Å². The number of hydrogen-bond acceptors (Lipinski definition) is 2. The molecule has 82 valence electrons. The maximum atomic E-state index is 13.0. The van der Waals surface area contributed by atoms with E-state index in [9.17, 15) is 9.50 Å². The summed E-state index contributed by atoms with van der Waals surface area (Å²) in [5.74, 6) is -0.372. The highest BCUT2D eigenvalue weighted by Crippen LogP contribution is 2.26. The summed E-state index contributed by atoms with van der Waals surface area (Å²) in [4.78, 5) is 4.06. The van der Waals surface area contributed by atoms with Crippen molar-refractivity contribution >= 4 is 15.9 Å². The molecular weight excluding hydrogens is 273 g/mol. The van der Waals surface area contributed by atoms with Gasteiger partial charge in [-0.2, -0.15) is 0 Å². The molecule has 1 N–H and O–H groups in total. The number of hydrogen-bond donors (Lipinski definition) is 1. The fraction of sp³-hybridized carbons (Fsp3) is 0.0833. The van der Waals surface area contributed by atoms with Crippen LogP contribution in [0.4, 0.5) is 4.39 Å². The molecule has 0 amide bonds. The second-order valence-electron chi connectivity index (χ2n) is 3.33. The van der Waals surface area contributed by atoms with Gasteiger partial charge in [-0.15, -0.1) is 0 Å². The normalized spacial score (nSPS) is 12.4. The van der Waals surface area contributed by atoms with Crippen LogP contribution in [0.3, 0.4) is 0 Å². The lowest BCUT2D eigenvalue weighted by Gasteiger charge is -2.11. The second-order valence-corrected chi connectivity index (χ2v) is 4.18. The summed E-state index contributed by atoms with van der Waals surface area (Å²) < 4.78 is 13.7. The Morgan fingerprint density at radius 3 is 2.75 bits per heavy atom. The molecule has 0 saturated heterocycles. The van der Waals surface area contributed by atoms with Crippen molar-refractivity contribution in [1.82, 2.24) is 4.98 Å². The number of aliphatic hydroxyl groups excluding tert-OH is 1. The molecule has 0 aliphatic rings. The summed E-state index contributed by atoms with van der Waals surface area (Å²) in [6.45, 7) is 0. The van der Waals surface area contributed by atoms with Crippen molar-refractivity contribution in [1.29, 1.82) is 0 Å². The van der Waals surface area contributed by atoms with Crippen molar-refractivity contribution in [2.24, 2.45) is 0 Å². The quantitative estimate of drug-likeness (QED) is 0.918. The molecule has 1 aromatic carbocycles. The van der Waals surface area contributed by atoms with Crippen LogP contribution >= 0.6 is 15.9 Å². The van der Waals surface area contributed by atoms with Gasteiger partial charge in [-0.05, 0) is 45.8 Å². The number of aromatic nitrogens is 1. The molecule has 2 rings (SSSR count). The van der Waals surface area contributed by atoms with Crippen LogP contribution in [0, 0.1) is 5.82 Å². The average molecular weight is 282 g/mol. The molecular formula is C12H9BrFNO. The predicted octanol–water partition coefficient (Wildman–Crippen LogP) is 3.06. The van der Waals surface area contributed by atoms with E-state index in [0.717, 1.165) is 0 Å². The molecule has 0 bridgehead atoms. The van der Waals surface area contributed by atoms with Crippen molar-refractivity contribution in [2.45, 2.75) is 6.10 Å². The molecule has 0 radical (unpaired) electrons. The molecule has 0 saturated carbocycles. The van der Waals surface area contributed by atoms with Crippen LogP contribution in [0.2, 0.25) is 0 Å². The van der Waals surface area contributed by atoms with Gasteiger partial charge in [0.1, 0.15) is 11.9 Å². The minimum absolute atomic E-state index is 0.372. The standard InChI is InChI=1S/C12H9BrFNO/c13-10-5-2-6-15-11(10)12(16)8-3-1-4-9(14)7-8/h1-7,12,16H. The molecule has 2 aromatic rings. The van der Waals surface area contributed by atoms with Crippen molar-refractivity contribution in [2.75, 3.05) is 0 Å². The highest BCUT2D eigenvalue weighted by molar-refractivity contribution is 9.10. The minimum Gasteiger partial charge on any atom is -0.382 e. The topological polar surface area (TPSA) is 33.1 Å². The molecule has 16 heavy (non-hydrogen) atoms. The highest BCUT2D eigenvalue weighted by Gasteiger charge is 2.14. The largest absolute Gasteiger partial charge is 0.382 e. The van der Waals surface area contributed by atoms with Crippen LogP contribution in [0.25, 0.3) is 0 Å². The van der Waals surface area contributed by atoms with E-state index in [0.29, 0.717) is 15.7 Å². The van der Waals surface area contributed by atoms with Gasteiger partial charge < -0.3 is 5.11 Å². The van der Waals surface area contributed by atoms with E-state index in [4.69, 9.17) is 0 Å². The maximum absolute atomic E-state index is 13.0. The average Bonchev–Trinajstić information content (AvgIpc) is 2.29. The summed E-state index contributed by atoms with van der Waals surface area (Å²) in [6.07, 6.45) is 0.661. The van der Waals surface area contributed by atoms with E-state index in [1.54, 1.807) is 30.5 Å². The third-order valence-corrected chi connectivity index (χ3v) is 2.88. The first-order chi connectivity index (χ1) is 7.68. The number of nitrogens with zero attached hydrogens (tertiary/aromatic N) is 1. The van der Waals surface area contributed by atoms with E-state index < -0.39 is 6.10 Å². The third kappa shape index (κ3) is 2.28. The van der Waals surface area contributed by atoms with Crippen LogP contribution in [0.1, 0.15) is 17.4 Å². The van der Waals surface area contributed by atoms with Gasteiger partial charge in [0.25, 0.3) is 0 Å². The lowest BCUT2D eigenvalue weighted by molar-refractivity contribution is 0.214. The van der Waals surface area contributed by atoms with Gasteiger partial charge in [0.2, 0.25) is 0 Å². The van der Waals surface area contributed by atoms with Crippen LogP contribution in [0.5, 0.6) is 0 Å². The van der Waals surface area contributed by atoms with Crippen LogP contribution in [0.15, 0.2) is 47.1 Å². The second kappa shape index (κ2) is 4.72. The Labute approximate surface area is 101 Å². The Balaban J connectivity index is 2.39. The van der Waals surface area contributed by atoms with E-state index in [2.05, 4.69) is 20.9 Å². The molecule has 0 fully saturated rings. The molecule has 1 heterocycles. The van der Waals surface area contributed by atoms with Crippen molar-refractivity contribution in [3.8, 4) is 0 Å². The van der Waals surface area contributed by atoms with Crippen LogP contribution in [-0.4, -0.2) is 10.1 Å². The third-order valence-electron chi connectivity index (χ3n) is 2.21. The van der Waals surface area contributed by atoms with E-state index in [-0.39, 0.29) is 5.82 Å². The van der Waals surface area contributed by atoms with E-state index >= 15 is 0 Å². The zero-order valence-corrected chi connectivity index (χ0v) is 9.86. The van der Waals surface area contributed by atoms with Gasteiger partial charge in [-0.1, -0.05) is 12.1 Å². The Hall–Kier alpha value is -1.26. The monoisotopic (exact) mass is 281 g/mol. The van der Waals surface area contributed by atoms with Crippen molar-refractivity contribution < 1.29 is 9.50 Å². The van der Waals surface area contributed by atoms with Gasteiger partial charge in [0.15, 0.2) is 0 Å². The zero-order valence-electron chi connectivity index (χ0n) is 8.27. The first-order valence-corrected chi connectivity index (χ1v) is 5.52. The predicted molar refractivity (Wildman–Crippen MR) is 62.4 cm³/mol. The van der Waals surface area contributed by atoms with Crippen LogP contribution in [-0.2, 0) is 0 Å². The van der Waals surface area contributed by atoms with Crippen molar-refractivity contribution in [3.05, 3.63) is 64.1 Å². The van der Waals surface area contributed by atoms with Crippen LogP contribution < -0.4 is 0 Å². The Kier molecular flexibility index (Phi) is 3.31. The van der Waals surface area contributed by atoms with E-state index in [1.165, 1.54) is 12.1 Å². The number of pyridine rings is 1. The lowest BCUT2D eigenvalue weighted by Crippen LogP contribution is -2.03. The van der Waals surface area contributed by atoms with Gasteiger partial charge in [-0.3, -0.25) is 4.98 Å². The minimum atomic E-state index is -0.925. The maximum Gasteiger partial charge on any atom is 0.123 e. The highest BCUT2D eigenvalue weighted by atomic mass is 79.9. The molecule has 4 heteroatoms. The molecule has 0 aliphatic heterocycles. The first kappa shape index (κ1) is 11.2. The molecule has 1 aromatic heterocycles. The number of aliphatic hydroxyl groups is 1. The summed E-state index contributed by atoms with van der Waals surface area (Å²) in [7, 11) is 0. The molecule has 1 unspecified atom stereocenters. The Morgan fingerprint density at radius 2 is 2.06 bits per heavy atom. The number of halogens is 2. The summed E-state index contributed by atoms with van der Waals surface area (Å²) in [5.41, 5.74) is 0.965. The van der Waals surface area contributed by atoms with Gasteiger partial charge in [0.05, 0.1) is 5.69 Å². The smallest absolute Gasteiger partial charge is 0.123 e. The van der Waals surface area contributed by atoms with Gasteiger partial charge in [-0.25, -0.2) is 4.39 Å². The summed E-state index contributed by atoms with van der Waals surface area (Å²) in [6, 6.07) is 9.39.